The van der Waals surface area contributed by atoms with Gasteiger partial charge in [-0.15, -0.1) is 0 Å². The van der Waals surface area contributed by atoms with Crippen LogP contribution in [-0.4, -0.2) is 40.4 Å². The molecule has 31 heavy (non-hydrogen) atoms. The van der Waals surface area contributed by atoms with Gasteiger partial charge in [0.15, 0.2) is 0 Å². The first-order valence-electron chi connectivity index (χ1n) is 11.9. The Morgan fingerprint density at radius 2 is 1.84 bits per heavy atom. The normalized spacial score (nSPS) is 19.4. The monoisotopic (exact) mass is 420 g/mol. The van der Waals surface area contributed by atoms with Gasteiger partial charge in [-0.25, -0.2) is 4.98 Å². The molecule has 6 heteroatoms. The molecule has 0 unspecified atom stereocenters. The largest absolute Gasteiger partial charge is 0.438 e. The van der Waals surface area contributed by atoms with Gasteiger partial charge in [0.25, 0.3) is 0 Å². The number of benzene rings is 1. The van der Waals surface area contributed by atoms with Crippen molar-refractivity contribution in [1.82, 2.24) is 14.9 Å². The lowest BCUT2D eigenvalue weighted by atomic mass is 10.0. The molecule has 1 aromatic carbocycles. The highest BCUT2D eigenvalue weighted by molar-refractivity contribution is 5.79. The summed E-state index contributed by atoms with van der Waals surface area (Å²) in [5.74, 6) is 2.66. The first-order valence-corrected chi connectivity index (χ1v) is 11.9. The molecule has 0 bridgehead atoms. The topological polar surface area (TPSA) is 58.6 Å². The number of carbonyl (C=O) groups excluding carboxylic acids is 1. The van der Waals surface area contributed by atoms with Gasteiger partial charge >= 0.3 is 0 Å². The molecule has 2 aliphatic heterocycles. The lowest BCUT2D eigenvalue weighted by molar-refractivity contribution is -0.136. The lowest BCUT2D eigenvalue weighted by Crippen LogP contribution is -2.40. The number of carbonyl (C=O) groups is 1. The number of aryl methyl sites for hydroxylation is 1. The molecule has 1 saturated heterocycles. The zero-order valence-electron chi connectivity index (χ0n) is 18.5. The van der Waals surface area contributed by atoms with E-state index in [0.717, 1.165) is 67.4 Å². The molecule has 2 fully saturated rings. The van der Waals surface area contributed by atoms with E-state index in [9.17, 15) is 4.79 Å². The summed E-state index contributed by atoms with van der Waals surface area (Å²) >= 11 is 0. The Hall–Kier alpha value is -2.63. The molecule has 5 rings (SSSR count). The van der Waals surface area contributed by atoms with Gasteiger partial charge in [0.05, 0.1) is 17.8 Å². The number of nitrogens with zero attached hydrogens (tertiary/aromatic N) is 4. The molecule has 3 heterocycles. The average molecular weight is 421 g/mol. The standard InChI is InChI=1S/C25H32N4O2/c1-18-8-7-11-20(16-18)31-23-21-17-29(24(30)19-9-3-4-10-19)15-12-22(21)26-25(27-23)28-13-5-2-6-14-28/h7-8,11,16,19H,2-6,9-10,12-15,17H2,1H3. The van der Waals surface area contributed by atoms with Crippen molar-refractivity contribution < 1.29 is 9.53 Å². The highest BCUT2D eigenvalue weighted by Gasteiger charge is 2.32. The van der Waals surface area contributed by atoms with Gasteiger partial charge in [-0.2, -0.15) is 4.98 Å². The van der Waals surface area contributed by atoms with Crippen LogP contribution in [0.5, 0.6) is 11.6 Å². The van der Waals surface area contributed by atoms with Gasteiger partial charge in [0.2, 0.25) is 17.7 Å². The Kier molecular flexibility index (Phi) is 5.79. The number of hydrogen-bond acceptors (Lipinski definition) is 5. The van der Waals surface area contributed by atoms with E-state index in [2.05, 4.69) is 17.9 Å². The fraction of sp³-hybridized carbons (Fsp3) is 0.560. The zero-order valence-corrected chi connectivity index (χ0v) is 18.5. The molecule has 1 aromatic heterocycles. The van der Waals surface area contributed by atoms with Crippen LogP contribution in [0.25, 0.3) is 0 Å². The van der Waals surface area contributed by atoms with E-state index in [1.807, 2.05) is 23.1 Å². The fourth-order valence-electron chi connectivity index (χ4n) is 5.10. The van der Waals surface area contributed by atoms with E-state index in [4.69, 9.17) is 14.7 Å². The van der Waals surface area contributed by atoms with Gasteiger partial charge in [0, 0.05) is 32.0 Å². The second-order valence-electron chi connectivity index (χ2n) is 9.21. The van der Waals surface area contributed by atoms with Crippen LogP contribution in [0.15, 0.2) is 24.3 Å². The predicted molar refractivity (Wildman–Crippen MR) is 120 cm³/mol. The lowest BCUT2D eigenvalue weighted by Gasteiger charge is -2.33. The molecule has 0 spiro atoms. The van der Waals surface area contributed by atoms with Gasteiger partial charge in [-0.05, 0) is 56.7 Å². The van der Waals surface area contributed by atoms with E-state index in [1.165, 1.54) is 32.1 Å². The van der Waals surface area contributed by atoms with Crippen LogP contribution in [0.3, 0.4) is 0 Å². The van der Waals surface area contributed by atoms with Crippen molar-refractivity contribution in [3.8, 4) is 11.6 Å². The van der Waals surface area contributed by atoms with Crippen molar-refractivity contribution in [2.45, 2.75) is 64.8 Å². The quantitative estimate of drug-likeness (QED) is 0.721. The number of amides is 1. The molecule has 0 atom stereocenters. The molecule has 2 aromatic rings. The molecular formula is C25H32N4O2. The smallest absolute Gasteiger partial charge is 0.229 e. The van der Waals surface area contributed by atoms with Crippen molar-refractivity contribution in [3.63, 3.8) is 0 Å². The molecule has 1 amide bonds. The summed E-state index contributed by atoms with van der Waals surface area (Å²) in [6, 6.07) is 8.05. The van der Waals surface area contributed by atoms with Crippen LogP contribution in [0, 0.1) is 12.8 Å². The highest BCUT2D eigenvalue weighted by atomic mass is 16.5. The summed E-state index contributed by atoms with van der Waals surface area (Å²) in [5.41, 5.74) is 3.16. The van der Waals surface area contributed by atoms with Crippen molar-refractivity contribution in [3.05, 3.63) is 41.1 Å². The summed E-state index contributed by atoms with van der Waals surface area (Å²) in [6.45, 7) is 5.34. The summed E-state index contributed by atoms with van der Waals surface area (Å²) in [4.78, 5) is 27.2. The molecule has 1 saturated carbocycles. The SMILES string of the molecule is Cc1cccc(Oc2nc(N3CCCCC3)nc3c2CN(C(=O)C2CCCC2)CC3)c1. The minimum atomic E-state index is 0.191. The minimum absolute atomic E-state index is 0.191. The zero-order chi connectivity index (χ0) is 21.2. The fourth-order valence-corrected chi connectivity index (χ4v) is 5.10. The predicted octanol–water partition coefficient (Wildman–Crippen LogP) is 4.64. The number of rotatable bonds is 4. The number of aromatic nitrogens is 2. The molecular weight excluding hydrogens is 388 g/mol. The summed E-state index contributed by atoms with van der Waals surface area (Å²) in [6.07, 6.45) is 8.79. The third-order valence-electron chi connectivity index (χ3n) is 6.87. The summed E-state index contributed by atoms with van der Waals surface area (Å²) in [7, 11) is 0. The Bertz CT molecular complexity index is 949. The Labute approximate surface area is 184 Å². The van der Waals surface area contributed by atoms with E-state index >= 15 is 0 Å². The maximum atomic E-state index is 13.1. The van der Waals surface area contributed by atoms with Crippen LogP contribution in [0.1, 0.15) is 61.8 Å². The molecule has 1 aliphatic carbocycles. The van der Waals surface area contributed by atoms with Crippen LogP contribution >= 0.6 is 0 Å². The summed E-state index contributed by atoms with van der Waals surface area (Å²) in [5, 5.41) is 0. The number of ether oxygens (including phenoxy) is 1. The van der Waals surface area contributed by atoms with E-state index in [1.54, 1.807) is 0 Å². The number of fused-ring (bicyclic) bond motifs is 1. The van der Waals surface area contributed by atoms with Crippen LogP contribution in [0.2, 0.25) is 0 Å². The molecule has 3 aliphatic rings. The van der Waals surface area contributed by atoms with Crippen molar-refractivity contribution in [2.24, 2.45) is 5.92 Å². The number of piperidine rings is 1. The third kappa shape index (κ3) is 4.39. The number of hydrogen-bond donors (Lipinski definition) is 0. The molecule has 164 valence electrons. The molecule has 0 N–H and O–H groups in total. The second-order valence-corrected chi connectivity index (χ2v) is 9.21. The first kappa shape index (κ1) is 20.3. The maximum Gasteiger partial charge on any atom is 0.229 e. The highest BCUT2D eigenvalue weighted by Crippen LogP contribution is 2.34. The first-order chi connectivity index (χ1) is 15.2. The Morgan fingerprint density at radius 1 is 1.03 bits per heavy atom. The van der Waals surface area contributed by atoms with E-state index < -0.39 is 0 Å². The van der Waals surface area contributed by atoms with Crippen molar-refractivity contribution in [2.75, 3.05) is 24.5 Å². The van der Waals surface area contributed by atoms with Crippen LogP contribution < -0.4 is 9.64 Å². The molecule has 6 nitrogen and oxygen atoms in total. The summed E-state index contributed by atoms with van der Waals surface area (Å²) < 4.78 is 6.33. The average Bonchev–Trinajstić information content (AvgIpc) is 3.34. The van der Waals surface area contributed by atoms with Crippen LogP contribution in [-0.2, 0) is 17.8 Å². The second kappa shape index (κ2) is 8.85. The van der Waals surface area contributed by atoms with Crippen molar-refractivity contribution in [1.29, 1.82) is 0 Å². The van der Waals surface area contributed by atoms with Gasteiger partial charge in [-0.1, -0.05) is 25.0 Å². The van der Waals surface area contributed by atoms with Gasteiger partial charge in [-0.3, -0.25) is 4.79 Å². The van der Waals surface area contributed by atoms with Crippen LogP contribution in [0.4, 0.5) is 5.95 Å². The minimum Gasteiger partial charge on any atom is -0.438 e. The van der Waals surface area contributed by atoms with Gasteiger partial charge in [0.1, 0.15) is 5.75 Å². The van der Waals surface area contributed by atoms with Gasteiger partial charge < -0.3 is 14.5 Å². The van der Waals surface area contributed by atoms with Crippen molar-refractivity contribution >= 4 is 11.9 Å². The Balaban J connectivity index is 1.46. The third-order valence-corrected chi connectivity index (χ3v) is 6.87. The van der Waals surface area contributed by atoms with E-state index in [-0.39, 0.29) is 5.92 Å². The molecule has 0 radical (unpaired) electrons. The van der Waals surface area contributed by atoms with E-state index in [0.29, 0.717) is 18.3 Å². The maximum absolute atomic E-state index is 13.1. The Morgan fingerprint density at radius 3 is 2.61 bits per heavy atom. The number of anilines is 1.